The number of aromatic nitrogens is 1. The van der Waals surface area contributed by atoms with E-state index in [9.17, 15) is 18.0 Å². The van der Waals surface area contributed by atoms with Crippen LogP contribution >= 0.6 is 0 Å². The number of sulfonamides is 1. The minimum atomic E-state index is -3.81. The minimum Gasteiger partial charge on any atom is -0.408 e. The molecule has 0 saturated carbocycles. The van der Waals surface area contributed by atoms with E-state index >= 15 is 0 Å². The van der Waals surface area contributed by atoms with Crippen molar-refractivity contribution in [2.24, 2.45) is 5.92 Å². The van der Waals surface area contributed by atoms with E-state index in [-0.39, 0.29) is 28.8 Å². The Hall–Kier alpha value is -2.95. The van der Waals surface area contributed by atoms with Gasteiger partial charge in [0.05, 0.1) is 16.3 Å². The lowest BCUT2D eigenvalue weighted by Gasteiger charge is -2.38. The van der Waals surface area contributed by atoms with Crippen molar-refractivity contribution in [2.75, 3.05) is 39.3 Å². The van der Waals surface area contributed by atoms with E-state index in [0.29, 0.717) is 38.0 Å². The first kappa shape index (κ1) is 22.8. The number of carbonyl (C=O) groups excluding carboxylic acids is 1. The van der Waals surface area contributed by atoms with Crippen molar-refractivity contribution in [1.29, 1.82) is 0 Å². The first-order valence-corrected chi connectivity index (χ1v) is 13.0. The van der Waals surface area contributed by atoms with E-state index in [1.165, 1.54) is 28.1 Å². The number of hydrogen-bond acceptors (Lipinski definition) is 6. The van der Waals surface area contributed by atoms with Gasteiger partial charge in [-0.3, -0.25) is 14.7 Å². The van der Waals surface area contributed by atoms with E-state index < -0.39 is 15.8 Å². The van der Waals surface area contributed by atoms with Crippen LogP contribution in [0.1, 0.15) is 18.4 Å². The van der Waals surface area contributed by atoms with Gasteiger partial charge in [0.1, 0.15) is 0 Å². The molecule has 34 heavy (non-hydrogen) atoms. The number of hydrogen-bond donors (Lipinski definition) is 1. The maximum absolute atomic E-state index is 13.3. The van der Waals surface area contributed by atoms with Crippen molar-refractivity contribution in [3.05, 3.63) is 64.6 Å². The molecule has 1 amide bonds. The molecule has 1 N–H and O–H groups in total. The Labute approximate surface area is 198 Å². The fourth-order valence-corrected chi connectivity index (χ4v) is 6.36. The second-order valence-electron chi connectivity index (χ2n) is 8.96. The van der Waals surface area contributed by atoms with Gasteiger partial charge in [0, 0.05) is 51.9 Å². The lowest BCUT2D eigenvalue weighted by Crippen LogP contribution is -2.52. The Morgan fingerprint density at radius 1 is 1.03 bits per heavy atom. The molecule has 1 aromatic heterocycles. The van der Waals surface area contributed by atoms with Crippen molar-refractivity contribution >= 4 is 27.0 Å². The van der Waals surface area contributed by atoms with Crippen LogP contribution in [0.4, 0.5) is 0 Å². The summed E-state index contributed by atoms with van der Waals surface area (Å²) in [6, 6.07) is 14.6. The molecule has 2 aliphatic heterocycles. The summed E-state index contributed by atoms with van der Waals surface area (Å²) in [7, 11) is -3.81. The Kier molecular flexibility index (Phi) is 6.28. The summed E-state index contributed by atoms with van der Waals surface area (Å²) < 4.78 is 32.9. The molecule has 3 heterocycles. The molecular weight excluding hydrogens is 456 g/mol. The van der Waals surface area contributed by atoms with Gasteiger partial charge in [0.15, 0.2) is 5.58 Å². The highest BCUT2D eigenvalue weighted by Crippen LogP contribution is 2.27. The number of rotatable bonds is 5. The maximum atomic E-state index is 13.3. The van der Waals surface area contributed by atoms with Gasteiger partial charge in [-0.2, -0.15) is 4.31 Å². The second-order valence-corrected chi connectivity index (χ2v) is 10.9. The summed E-state index contributed by atoms with van der Waals surface area (Å²) in [6.45, 7) is 4.31. The number of fused-ring (bicyclic) bond motifs is 1. The third kappa shape index (κ3) is 4.66. The van der Waals surface area contributed by atoms with Crippen LogP contribution < -0.4 is 5.76 Å². The van der Waals surface area contributed by atoms with Gasteiger partial charge in [-0.25, -0.2) is 13.2 Å². The molecule has 0 spiro atoms. The van der Waals surface area contributed by atoms with Crippen LogP contribution in [0, 0.1) is 5.92 Å². The largest absolute Gasteiger partial charge is 0.417 e. The van der Waals surface area contributed by atoms with Crippen LogP contribution in [-0.2, 0) is 21.4 Å². The van der Waals surface area contributed by atoms with Gasteiger partial charge in [-0.1, -0.05) is 30.3 Å². The molecule has 2 aromatic carbocycles. The first-order chi connectivity index (χ1) is 16.4. The molecule has 0 radical (unpaired) electrons. The Balaban J connectivity index is 1.22. The number of carbonyl (C=O) groups is 1. The maximum Gasteiger partial charge on any atom is 0.417 e. The van der Waals surface area contributed by atoms with Crippen LogP contribution in [0.3, 0.4) is 0 Å². The SMILES string of the molecule is O=C([C@H]1CCCN(S(=O)(=O)c2ccc3[nH]c(=O)oc3c2)C1)N1CCN(Cc2ccccc2)CC1. The first-order valence-electron chi connectivity index (χ1n) is 11.6. The second kappa shape index (κ2) is 9.36. The lowest BCUT2D eigenvalue weighted by molar-refractivity contribution is -0.138. The van der Waals surface area contributed by atoms with Crippen molar-refractivity contribution in [3.8, 4) is 0 Å². The number of piperidine rings is 1. The quantitative estimate of drug-likeness (QED) is 0.593. The number of nitrogens with zero attached hydrogens (tertiary/aromatic N) is 3. The molecule has 9 nitrogen and oxygen atoms in total. The van der Waals surface area contributed by atoms with E-state index in [4.69, 9.17) is 4.42 Å². The highest BCUT2D eigenvalue weighted by molar-refractivity contribution is 7.89. The fraction of sp³-hybridized carbons (Fsp3) is 0.417. The summed E-state index contributed by atoms with van der Waals surface area (Å²) >= 11 is 0. The minimum absolute atomic E-state index is 0.0337. The van der Waals surface area contributed by atoms with Crippen molar-refractivity contribution in [3.63, 3.8) is 0 Å². The number of piperazine rings is 1. The average Bonchev–Trinajstić information content (AvgIpc) is 3.24. The molecule has 0 unspecified atom stereocenters. The molecule has 2 fully saturated rings. The zero-order valence-electron chi connectivity index (χ0n) is 18.9. The van der Waals surface area contributed by atoms with Gasteiger partial charge in [0.25, 0.3) is 0 Å². The predicted molar refractivity (Wildman–Crippen MR) is 127 cm³/mol. The van der Waals surface area contributed by atoms with Crippen LogP contribution in [-0.4, -0.2) is 72.7 Å². The van der Waals surface area contributed by atoms with Crippen molar-refractivity contribution < 1.29 is 17.6 Å². The van der Waals surface area contributed by atoms with E-state index in [1.807, 2.05) is 23.1 Å². The zero-order valence-corrected chi connectivity index (χ0v) is 19.7. The molecule has 0 aliphatic carbocycles. The highest BCUT2D eigenvalue weighted by atomic mass is 32.2. The molecule has 2 saturated heterocycles. The van der Waals surface area contributed by atoms with Crippen LogP contribution in [0.15, 0.2) is 62.6 Å². The van der Waals surface area contributed by atoms with Gasteiger partial charge >= 0.3 is 5.76 Å². The van der Waals surface area contributed by atoms with Crippen molar-refractivity contribution in [2.45, 2.75) is 24.3 Å². The van der Waals surface area contributed by atoms with Crippen molar-refractivity contribution in [1.82, 2.24) is 19.1 Å². The molecular formula is C24H28N4O5S. The molecule has 5 rings (SSSR count). The standard InChI is InChI=1S/C24H28N4O5S/c29-23(27-13-11-26(12-14-27)16-18-5-2-1-3-6-18)19-7-4-10-28(17-19)34(31,32)20-8-9-21-22(15-20)33-24(30)25-21/h1-3,5-6,8-9,15,19H,4,7,10-14,16-17H2,(H,25,30)/t19-/m0/s1. The molecule has 2 aliphatic rings. The smallest absolute Gasteiger partial charge is 0.408 e. The number of aromatic amines is 1. The summed E-state index contributed by atoms with van der Waals surface area (Å²) in [5, 5.41) is 0. The third-order valence-electron chi connectivity index (χ3n) is 6.70. The summed E-state index contributed by atoms with van der Waals surface area (Å²) in [5.74, 6) is -0.943. The predicted octanol–water partition coefficient (Wildman–Crippen LogP) is 1.87. The Morgan fingerprint density at radius 3 is 2.56 bits per heavy atom. The summed E-state index contributed by atoms with van der Waals surface area (Å²) in [4.78, 5) is 31.4. The van der Waals surface area contributed by atoms with Gasteiger partial charge < -0.3 is 9.32 Å². The van der Waals surface area contributed by atoms with Crippen LogP contribution in [0.5, 0.6) is 0 Å². The topological polar surface area (TPSA) is 107 Å². The number of nitrogens with one attached hydrogen (secondary N) is 1. The van der Waals surface area contributed by atoms with E-state index in [1.54, 1.807) is 0 Å². The van der Waals surface area contributed by atoms with Gasteiger partial charge in [0.2, 0.25) is 15.9 Å². The molecule has 3 aromatic rings. The monoisotopic (exact) mass is 484 g/mol. The number of amides is 1. The van der Waals surface area contributed by atoms with Gasteiger partial charge in [-0.05, 0) is 30.5 Å². The highest BCUT2D eigenvalue weighted by Gasteiger charge is 2.36. The lowest BCUT2D eigenvalue weighted by atomic mass is 9.97. The molecule has 10 heteroatoms. The summed E-state index contributed by atoms with van der Waals surface area (Å²) in [5.41, 5.74) is 1.90. The van der Waals surface area contributed by atoms with E-state index in [2.05, 4.69) is 22.0 Å². The normalized spacial score (nSPS) is 20.6. The number of benzene rings is 2. The summed E-state index contributed by atoms with van der Waals surface area (Å²) in [6.07, 6.45) is 1.31. The van der Waals surface area contributed by atoms with Crippen LogP contribution in [0.2, 0.25) is 0 Å². The Bertz CT molecular complexity index is 1330. The third-order valence-corrected chi connectivity index (χ3v) is 8.56. The molecule has 1 atom stereocenters. The number of oxazole rings is 1. The molecule has 180 valence electrons. The van der Waals surface area contributed by atoms with Gasteiger partial charge in [-0.15, -0.1) is 0 Å². The average molecular weight is 485 g/mol. The fourth-order valence-electron chi connectivity index (χ4n) is 4.82. The van der Waals surface area contributed by atoms with E-state index in [0.717, 1.165) is 19.6 Å². The number of H-pyrrole nitrogens is 1. The zero-order chi connectivity index (χ0) is 23.7. The Morgan fingerprint density at radius 2 is 1.79 bits per heavy atom. The van der Waals surface area contributed by atoms with Crippen LogP contribution in [0.25, 0.3) is 11.1 Å². The molecule has 0 bridgehead atoms.